The molecular weight excluding hydrogens is 368 g/mol. The summed E-state index contributed by atoms with van der Waals surface area (Å²) in [6.45, 7) is 2.16. The van der Waals surface area contributed by atoms with Crippen LogP contribution in [0, 0.1) is 23.7 Å². The number of fused-ring (bicyclic) bond motifs is 1. The second-order valence-electron chi connectivity index (χ2n) is 8.05. The zero-order chi connectivity index (χ0) is 20.8. The van der Waals surface area contributed by atoms with Gasteiger partial charge < -0.3 is 20.1 Å². The number of carboxylic acid groups (broad SMARTS) is 1. The number of ether oxygens (including phenoxy) is 1. The van der Waals surface area contributed by atoms with Crippen LogP contribution < -0.4 is 0 Å². The predicted octanol–water partition coefficient (Wildman–Crippen LogP) is 3.85. The number of aliphatic hydroxyl groups is 2. The molecule has 1 aromatic carbocycles. The predicted molar refractivity (Wildman–Crippen MR) is 111 cm³/mol. The molecule has 1 aliphatic carbocycles. The summed E-state index contributed by atoms with van der Waals surface area (Å²) in [5.41, 5.74) is 1.02. The molecular formula is C24H30O5. The molecule has 0 bridgehead atoms. The molecule has 1 heterocycles. The third-order valence-electron chi connectivity index (χ3n) is 5.78. The fourth-order valence-corrected chi connectivity index (χ4v) is 4.22. The molecule has 1 saturated heterocycles. The summed E-state index contributed by atoms with van der Waals surface area (Å²) >= 11 is 0. The molecule has 1 saturated carbocycles. The first-order chi connectivity index (χ1) is 14.0. The molecule has 2 aliphatic rings. The van der Waals surface area contributed by atoms with Crippen molar-refractivity contribution in [3.8, 4) is 11.8 Å². The standard InChI is InChI=1S/C24H30O5/c1-2-3-4-5-9-18(25)10-11-20-21-14-19(29-23(21)15-22(20)26)13-16-7-6-8-17(12-16)24(27)28/h6-8,12-13,18,20-23,25-26H,2-5,9,14-15H2,1H3,(H,27,28)/b19-13+/t18-,20-,21+,22+,23+/m1/s1. The van der Waals surface area contributed by atoms with Gasteiger partial charge in [-0.3, -0.25) is 0 Å². The summed E-state index contributed by atoms with van der Waals surface area (Å²) < 4.78 is 6.01. The van der Waals surface area contributed by atoms with Crippen LogP contribution in [-0.2, 0) is 4.74 Å². The number of benzene rings is 1. The van der Waals surface area contributed by atoms with Crippen molar-refractivity contribution >= 4 is 12.0 Å². The van der Waals surface area contributed by atoms with Gasteiger partial charge in [0.25, 0.3) is 0 Å². The van der Waals surface area contributed by atoms with Gasteiger partial charge in [-0.05, 0) is 36.6 Å². The molecule has 156 valence electrons. The Balaban J connectivity index is 1.62. The van der Waals surface area contributed by atoms with E-state index in [2.05, 4.69) is 18.8 Å². The first kappa shape index (κ1) is 21.4. The largest absolute Gasteiger partial charge is 0.494 e. The molecule has 5 atom stereocenters. The Hall–Kier alpha value is -2.29. The molecule has 2 fully saturated rings. The number of carboxylic acids is 1. The SMILES string of the molecule is CCCCCC[C@@H](O)C#C[C@@H]1[C@@H]2C/C(=C\c3cccc(C(=O)O)c3)O[C@H]2C[C@@H]1O. The van der Waals surface area contributed by atoms with Gasteiger partial charge in [0.2, 0.25) is 0 Å². The van der Waals surface area contributed by atoms with E-state index < -0.39 is 18.2 Å². The van der Waals surface area contributed by atoms with Crippen molar-refractivity contribution < 1.29 is 24.9 Å². The maximum atomic E-state index is 11.1. The molecule has 5 nitrogen and oxygen atoms in total. The lowest BCUT2D eigenvalue weighted by atomic mass is 9.91. The number of rotatable bonds is 7. The Labute approximate surface area is 172 Å². The average Bonchev–Trinajstić information content (AvgIpc) is 3.20. The fraction of sp³-hybridized carbons (Fsp3) is 0.542. The van der Waals surface area contributed by atoms with Crippen molar-refractivity contribution in [3.63, 3.8) is 0 Å². The van der Waals surface area contributed by atoms with Crippen LogP contribution in [0.2, 0.25) is 0 Å². The number of carbonyl (C=O) groups is 1. The number of hydrogen-bond acceptors (Lipinski definition) is 4. The molecule has 0 unspecified atom stereocenters. The van der Waals surface area contributed by atoms with Crippen LogP contribution in [0.4, 0.5) is 0 Å². The van der Waals surface area contributed by atoms with Gasteiger partial charge in [-0.15, -0.1) is 0 Å². The summed E-state index contributed by atoms with van der Waals surface area (Å²) in [4.78, 5) is 11.1. The van der Waals surface area contributed by atoms with Crippen LogP contribution >= 0.6 is 0 Å². The summed E-state index contributed by atoms with van der Waals surface area (Å²) in [6, 6.07) is 6.74. The van der Waals surface area contributed by atoms with Crippen LogP contribution in [-0.4, -0.2) is 39.6 Å². The Morgan fingerprint density at radius 2 is 2.17 bits per heavy atom. The Bertz CT molecular complexity index is 803. The lowest BCUT2D eigenvalue weighted by Crippen LogP contribution is -2.18. The summed E-state index contributed by atoms with van der Waals surface area (Å²) in [7, 11) is 0. The zero-order valence-electron chi connectivity index (χ0n) is 16.9. The maximum Gasteiger partial charge on any atom is 0.335 e. The minimum Gasteiger partial charge on any atom is -0.494 e. The van der Waals surface area contributed by atoms with Crippen LogP contribution in [0.25, 0.3) is 6.08 Å². The van der Waals surface area contributed by atoms with E-state index in [0.29, 0.717) is 19.3 Å². The van der Waals surface area contributed by atoms with Gasteiger partial charge in [0.1, 0.15) is 12.2 Å². The van der Waals surface area contributed by atoms with E-state index in [1.54, 1.807) is 18.2 Å². The number of allylic oxidation sites excluding steroid dienone is 1. The third kappa shape index (κ3) is 5.62. The van der Waals surface area contributed by atoms with Crippen molar-refractivity contribution in [1.82, 2.24) is 0 Å². The van der Waals surface area contributed by atoms with Crippen LogP contribution in [0.5, 0.6) is 0 Å². The van der Waals surface area contributed by atoms with E-state index in [1.807, 2.05) is 12.1 Å². The first-order valence-corrected chi connectivity index (χ1v) is 10.6. The van der Waals surface area contributed by atoms with E-state index in [-0.39, 0.29) is 23.5 Å². The molecule has 1 aromatic rings. The summed E-state index contributed by atoms with van der Waals surface area (Å²) in [5.74, 6) is 5.78. The van der Waals surface area contributed by atoms with Crippen molar-refractivity contribution in [2.45, 2.75) is 70.2 Å². The van der Waals surface area contributed by atoms with Gasteiger partial charge >= 0.3 is 5.97 Å². The number of hydrogen-bond donors (Lipinski definition) is 3. The second-order valence-corrected chi connectivity index (χ2v) is 8.05. The molecule has 0 aromatic heterocycles. The highest BCUT2D eigenvalue weighted by Crippen LogP contribution is 2.45. The van der Waals surface area contributed by atoms with Gasteiger partial charge in [-0.1, -0.05) is 50.2 Å². The zero-order valence-corrected chi connectivity index (χ0v) is 16.9. The van der Waals surface area contributed by atoms with Gasteiger partial charge in [0, 0.05) is 18.8 Å². The fourth-order valence-electron chi connectivity index (χ4n) is 4.22. The van der Waals surface area contributed by atoms with Crippen LogP contribution in [0.3, 0.4) is 0 Å². The molecule has 1 aliphatic heterocycles. The normalized spacial score (nSPS) is 27.8. The summed E-state index contributed by atoms with van der Waals surface area (Å²) in [5, 5.41) is 29.6. The molecule has 3 N–H and O–H groups in total. The van der Waals surface area contributed by atoms with Crippen molar-refractivity contribution in [1.29, 1.82) is 0 Å². The topological polar surface area (TPSA) is 87.0 Å². The Morgan fingerprint density at radius 3 is 2.93 bits per heavy atom. The van der Waals surface area contributed by atoms with Crippen molar-refractivity contribution in [3.05, 3.63) is 41.2 Å². The van der Waals surface area contributed by atoms with Gasteiger partial charge in [0.05, 0.1) is 23.3 Å². The van der Waals surface area contributed by atoms with Crippen LogP contribution in [0.1, 0.15) is 67.8 Å². The van der Waals surface area contributed by atoms with E-state index in [1.165, 1.54) is 6.42 Å². The highest BCUT2D eigenvalue weighted by atomic mass is 16.5. The highest BCUT2D eigenvalue weighted by Gasteiger charge is 2.47. The lowest BCUT2D eigenvalue weighted by Gasteiger charge is -2.13. The van der Waals surface area contributed by atoms with Crippen LogP contribution in [0.15, 0.2) is 30.0 Å². The first-order valence-electron chi connectivity index (χ1n) is 10.6. The number of unbranched alkanes of at least 4 members (excludes halogenated alkanes) is 3. The van der Waals surface area contributed by atoms with Gasteiger partial charge in [0.15, 0.2) is 0 Å². The molecule has 0 amide bonds. The molecule has 5 heteroatoms. The number of aliphatic hydroxyl groups excluding tert-OH is 2. The molecule has 3 rings (SSSR count). The second kappa shape index (κ2) is 9.96. The monoisotopic (exact) mass is 398 g/mol. The molecule has 0 spiro atoms. The minimum absolute atomic E-state index is 0.0834. The van der Waals surface area contributed by atoms with E-state index >= 15 is 0 Å². The Morgan fingerprint density at radius 1 is 1.34 bits per heavy atom. The summed E-state index contributed by atoms with van der Waals surface area (Å²) in [6.07, 6.45) is 6.87. The minimum atomic E-state index is -0.957. The molecule has 29 heavy (non-hydrogen) atoms. The Kier molecular flexibility index (Phi) is 7.35. The van der Waals surface area contributed by atoms with Crippen molar-refractivity contribution in [2.75, 3.05) is 0 Å². The van der Waals surface area contributed by atoms with Gasteiger partial charge in [-0.25, -0.2) is 4.79 Å². The van der Waals surface area contributed by atoms with Gasteiger partial charge in [-0.2, -0.15) is 0 Å². The highest BCUT2D eigenvalue weighted by molar-refractivity contribution is 5.88. The van der Waals surface area contributed by atoms with E-state index in [9.17, 15) is 15.0 Å². The van der Waals surface area contributed by atoms with Crippen molar-refractivity contribution in [2.24, 2.45) is 11.8 Å². The number of aromatic carboxylic acids is 1. The average molecular weight is 398 g/mol. The quantitative estimate of drug-likeness (QED) is 0.480. The maximum absolute atomic E-state index is 11.1. The smallest absolute Gasteiger partial charge is 0.335 e. The molecule has 0 radical (unpaired) electrons. The third-order valence-corrected chi connectivity index (χ3v) is 5.78. The van der Waals surface area contributed by atoms with E-state index in [0.717, 1.165) is 30.6 Å². The lowest BCUT2D eigenvalue weighted by molar-refractivity contribution is 0.0696. The van der Waals surface area contributed by atoms with E-state index in [4.69, 9.17) is 9.84 Å².